The Hall–Kier alpha value is -3.33. The fourth-order valence-electron chi connectivity index (χ4n) is 2.79. The van der Waals surface area contributed by atoms with Crippen molar-refractivity contribution < 1.29 is 14.3 Å². The SMILES string of the molecule is Cc1ccccc1NC(=O)COc1ccc(Cl)cc1C(=O)c1cc(Cl)cc(C#N)c1. The number of benzene rings is 3. The molecule has 0 spiro atoms. The number of nitrogens with zero attached hydrogens (tertiary/aromatic N) is 1. The molecule has 0 aliphatic carbocycles. The van der Waals surface area contributed by atoms with Gasteiger partial charge in [-0.15, -0.1) is 0 Å². The molecule has 3 aromatic rings. The van der Waals surface area contributed by atoms with Crippen LogP contribution in [0.25, 0.3) is 0 Å². The second-order valence-corrected chi connectivity index (χ2v) is 7.33. The number of aryl methyl sites for hydroxylation is 1. The highest BCUT2D eigenvalue weighted by atomic mass is 35.5. The number of carbonyl (C=O) groups is 2. The Kier molecular flexibility index (Phi) is 6.73. The van der Waals surface area contributed by atoms with Crippen molar-refractivity contribution in [1.82, 2.24) is 0 Å². The first-order chi connectivity index (χ1) is 14.4. The molecule has 30 heavy (non-hydrogen) atoms. The molecule has 0 heterocycles. The summed E-state index contributed by atoms with van der Waals surface area (Å²) in [5.41, 5.74) is 2.24. The van der Waals surface area contributed by atoms with Crippen LogP contribution in [0.15, 0.2) is 60.7 Å². The van der Waals surface area contributed by atoms with Gasteiger partial charge in [0.1, 0.15) is 5.75 Å². The van der Waals surface area contributed by atoms with Gasteiger partial charge in [-0.2, -0.15) is 5.26 Å². The summed E-state index contributed by atoms with van der Waals surface area (Å²) < 4.78 is 5.61. The monoisotopic (exact) mass is 438 g/mol. The molecule has 0 saturated carbocycles. The second-order valence-electron chi connectivity index (χ2n) is 6.46. The number of ether oxygens (including phenoxy) is 1. The normalized spacial score (nSPS) is 10.2. The number of hydrogen-bond acceptors (Lipinski definition) is 4. The van der Waals surface area contributed by atoms with Crippen LogP contribution >= 0.6 is 23.2 Å². The zero-order valence-corrected chi connectivity index (χ0v) is 17.4. The van der Waals surface area contributed by atoms with E-state index in [0.717, 1.165) is 5.56 Å². The van der Waals surface area contributed by atoms with Gasteiger partial charge in [0.15, 0.2) is 12.4 Å². The number of para-hydroxylation sites is 1. The van der Waals surface area contributed by atoms with Crippen molar-refractivity contribution in [2.75, 3.05) is 11.9 Å². The fourth-order valence-corrected chi connectivity index (χ4v) is 3.20. The minimum atomic E-state index is -0.425. The van der Waals surface area contributed by atoms with E-state index in [1.54, 1.807) is 12.1 Å². The summed E-state index contributed by atoms with van der Waals surface area (Å²) in [6, 6.07) is 18.2. The molecule has 0 aromatic heterocycles. The molecule has 0 aliphatic heterocycles. The molecule has 3 rings (SSSR count). The lowest BCUT2D eigenvalue weighted by atomic mass is 10.0. The second kappa shape index (κ2) is 9.45. The highest BCUT2D eigenvalue weighted by Crippen LogP contribution is 2.27. The predicted molar refractivity (Wildman–Crippen MR) is 116 cm³/mol. The largest absolute Gasteiger partial charge is 0.483 e. The van der Waals surface area contributed by atoms with Crippen LogP contribution in [0.1, 0.15) is 27.0 Å². The lowest BCUT2D eigenvalue weighted by Gasteiger charge is -2.13. The third kappa shape index (κ3) is 5.18. The standard InChI is InChI=1S/C23H16Cl2N2O3/c1-14-4-2-3-5-20(14)27-22(28)13-30-21-7-6-17(24)11-19(21)23(29)16-8-15(12-26)9-18(25)10-16/h2-11H,13H2,1H3,(H,27,28). The maximum absolute atomic E-state index is 13.0. The Morgan fingerprint density at radius 3 is 2.53 bits per heavy atom. The smallest absolute Gasteiger partial charge is 0.262 e. The molecule has 0 aliphatic rings. The molecule has 150 valence electrons. The van der Waals surface area contributed by atoms with E-state index >= 15 is 0 Å². The Morgan fingerprint density at radius 2 is 1.80 bits per heavy atom. The van der Waals surface area contributed by atoms with Gasteiger partial charge in [0.05, 0.1) is 17.2 Å². The molecule has 0 atom stereocenters. The van der Waals surface area contributed by atoms with E-state index in [9.17, 15) is 9.59 Å². The minimum absolute atomic E-state index is 0.164. The van der Waals surface area contributed by atoms with Crippen molar-refractivity contribution in [3.8, 4) is 11.8 Å². The quantitative estimate of drug-likeness (QED) is 0.520. The van der Waals surface area contributed by atoms with Crippen molar-refractivity contribution in [2.24, 2.45) is 0 Å². The number of anilines is 1. The highest BCUT2D eigenvalue weighted by molar-refractivity contribution is 6.32. The van der Waals surface area contributed by atoms with Crippen molar-refractivity contribution in [1.29, 1.82) is 5.26 Å². The van der Waals surface area contributed by atoms with E-state index < -0.39 is 5.78 Å². The zero-order valence-electron chi connectivity index (χ0n) is 15.9. The fraction of sp³-hybridized carbons (Fsp3) is 0.0870. The first-order valence-corrected chi connectivity index (χ1v) is 9.66. The van der Waals surface area contributed by atoms with Gasteiger partial charge in [-0.05, 0) is 55.0 Å². The van der Waals surface area contributed by atoms with Gasteiger partial charge in [0, 0.05) is 21.3 Å². The molecule has 7 heteroatoms. The Bertz CT molecular complexity index is 1170. The molecule has 0 radical (unpaired) electrons. The number of halogens is 2. The van der Waals surface area contributed by atoms with Crippen LogP contribution in [-0.2, 0) is 4.79 Å². The van der Waals surface area contributed by atoms with Gasteiger partial charge >= 0.3 is 0 Å². The highest BCUT2D eigenvalue weighted by Gasteiger charge is 2.18. The van der Waals surface area contributed by atoms with Crippen LogP contribution in [0.2, 0.25) is 10.0 Å². The molecule has 3 aromatic carbocycles. The van der Waals surface area contributed by atoms with Crippen molar-refractivity contribution in [3.63, 3.8) is 0 Å². The Labute approximate surface area is 183 Å². The third-order valence-corrected chi connectivity index (χ3v) is 4.71. The van der Waals surface area contributed by atoms with Gasteiger partial charge in [-0.25, -0.2) is 0 Å². The Balaban J connectivity index is 1.81. The molecule has 0 saturated heterocycles. The van der Waals surface area contributed by atoms with Crippen LogP contribution in [0, 0.1) is 18.3 Å². The summed E-state index contributed by atoms with van der Waals surface area (Å²) in [5.74, 6) is -0.596. The average Bonchev–Trinajstić information content (AvgIpc) is 2.73. The zero-order chi connectivity index (χ0) is 21.7. The molecule has 5 nitrogen and oxygen atoms in total. The van der Waals surface area contributed by atoms with Gasteiger partial charge in [0.2, 0.25) is 0 Å². The maximum Gasteiger partial charge on any atom is 0.262 e. The number of nitriles is 1. The first-order valence-electron chi connectivity index (χ1n) is 8.90. The lowest BCUT2D eigenvalue weighted by Crippen LogP contribution is -2.21. The van der Waals surface area contributed by atoms with E-state index in [2.05, 4.69) is 5.32 Å². The Morgan fingerprint density at radius 1 is 1.03 bits per heavy atom. The van der Waals surface area contributed by atoms with Crippen LogP contribution in [0.5, 0.6) is 5.75 Å². The van der Waals surface area contributed by atoms with Gasteiger partial charge in [-0.1, -0.05) is 41.4 Å². The van der Waals surface area contributed by atoms with E-state index in [1.807, 2.05) is 31.2 Å². The predicted octanol–water partition coefficient (Wildman–Crippen LogP) is 5.42. The van der Waals surface area contributed by atoms with Crippen LogP contribution < -0.4 is 10.1 Å². The van der Waals surface area contributed by atoms with Crippen molar-refractivity contribution >= 4 is 40.6 Å². The van der Waals surface area contributed by atoms with Crippen LogP contribution in [-0.4, -0.2) is 18.3 Å². The molecular formula is C23H16Cl2N2O3. The number of rotatable bonds is 6. The molecule has 0 bridgehead atoms. The third-order valence-electron chi connectivity index (χ3n) is 4.25. The number of nitrogens with one attached hydrogen (secondary N) is 1. The number of hydrogen-bond donors (Lipinski definition) is 1. The van der Waals surface area contributed by atoms with Gasteiger partial charge in [0.25, 0.3) is 5.91 Å². The summed E-state index contributed by atoms with van der Waals surface area (Å²) in [5, 5.41) is 12.5. The van der Waals surface area contributed by atoms with E-state index in [0.29, 0.717) is 10.7 Å². The lowest BCUT2D eigenvalue weighted by molar-refractivity contribution is -0.118. The van der Waals surface area contributed by atoms with Crippen molar-refractivity contribution in [2.45, 2.75) is 6.92 Å². The van der Waals surface area contributed by atoms with Crippen molar-refractivity contribution in [3.05, 3.63) is 93.0 Å². The van der Waals surface area contributed by atoms with Gasteiger partial charge < -0.3 is 10.1 Å². The maximum atomic E-state index is 13.0. The summed E-state index contributed by atoms with van der Waals surface area (Å²) in [7, 11) is 0. The van der Waals surface area contributed by atoms with Crippen LogP contribution in [0.4, 0.5) is 5.69 Å². The molecule has 1 N–H and O–H groups in total. The van der Waals surface area contributed by atoms with E-state index in [1.165, 1.54) is 30.3 Å². The number of amides is 1. The first kappa shape index (κ1) is 21.4. The summed E-state index contributed by atoms with van der Waals surface area (Å²) >= 11 is 12.1. The summed E-state index contributed by atoms with van der Waals surface area (Å²) in [6.45, 7) is 1.59. The molecular weight excluding hydrogens is 423 g/mol. The summed E-state index contributed by atoms with van der Waals surface area (Å²) in [6.07, 6.45) is 0. The van der Waals surface area contributed by atoms with Crippen LogP contribution in [0.3, 0.4) is 0 Å². The average molecular weight is 439 g/mol. The minimum Gasteiger partial charge on any atom is -0.483 e. The van der Waals surface area contributed by atoms with E-state index in [-0.39, 0.29) is 40.0 Å². The number of ketones is 1. The molecule has 0 fully saturated rings. The molecule has 1 amide bonds. The van der Waals surface area contributed by atoms with Gasteiger partial charge in [-0.3, -0.25) is 9.59 Å². The summed E-state index contributed by atoms with van der Waals surface area (Å²) in [4.78, 5) is 25.3. The number of carbonyl (C=O) groups excluding carboxylic acids is 2. The molecule has 0 unspecified atom stereocenters. The van der Waals surface area contributed by atoms with E-state index in [4.69, 9.17) is 33.2 Å². The topological polar surface area (TPSA) is 79.2 Å².